The summed E-state index contributed by atoms with van der Waals surface area (Å²) in [6.45, 7) is 1.07. The fraction of sp³-hybridized carbons (Fsp3) is 0.400. The first-order valence-electron chi connectivity index (χ1n) is 4.35. The lowest BCUT2D eigenvalue weighted by molar-refractivity contribution is 0.292. The molecule has 0 aliphatic rings. The number of hydrogen-bond donors (Lipinski definition) is 2. The molecule has 0 heterocycles. The van der Waals surface area contributed by atoms with E-state index in [0.717, 1.165) is 18.7 Å². The molecule has 0 unspecified atom stereocenters. The lowest BCUT2D eigenvalue weighted by Gasteiger charge is -2.05. The molecule has 2 N–H and O–H groups in total. The molecule has 0 aliphatic heterocycles. The van der Waals surface area contributed by atoms with Gasteiger partial charge in [0.2, 0.25) is 0 Å². The molecule has 0 saturated heterocycles. The number of benzene rings is 1. The van der Waals surface area contributed by atoms with Gasteiger partial charge in [0.1, 0.15) is 0 Å². The molecule has 0 aliphatic carbocycles. The van der Waals surface area contributed by atoms with Gasteiger partial charge in [0.25, 0.3) is 0 Å². The maximum absolute atomic E-state index is 8.60. The maximum Gasteiger partial charge on any atom is 0.0447 e. The van der Waals surface area contributed by atoms with Gasteiger partial charge in [-0.05, 0) is 30.9 Å². The van der Waals surface area contributed by atoms with Gasteiger partial charge >= 0.3 is 0 Å². The van der Waals surface area contributed by atoms with Crippen molar-refractivity contribution in [3.8, 4) is 0 Å². The predicted molar refractivity (Wildman–Crippen MR) is 58.4 cm³/mol. The molecule has 13 heavy (non-hydrogen) atoms. The third-order valence-electron chi connectivity index (χ3n) is 1.73. The van der Waals surface area contributed by atoms with Crippen molar-refractivity contribution in [2.45, 2.75) is 11.3 Å². The van der Waals surface area contributed by atoms with Gasteiger partial charge < -0.3 is 10.4 Å². The van der Waals surface area contributed by atoms with Crippen LogP contribution in [0.1, 0.15) is 6.42 Å². The van der Waals surface area contributed by atoms with E-state index < -0.39 is 0 Å². The Morgan fingerprint density at radius 1 is 1.46 bits per heavy atom. The van der Waals surface area contributed by atoms with E-state index in [2.05, 4.69) is 23.7 Å². The van der Waals surface area contributed by atoms with Crippen molar-refractivity contribution in [1.29, 1.82) is 0 Å². The molecule has 0 saturated carbocycles. The van der Waals surface area contributed by atoms with Crippen LogP contribution in [-0.2, 0) is 0 Å². The topological polar surface area (TPSA) is 32.3 Å². The zero-order valence-corrected chi connectivity index (χ0v) is 8.60. The van der Waals surface area contributed by atoms with Gasteiger partial charge in [0.05, 0.1) is 0 Å². The average molecular weight is 197 g/mol. The SMILES string of the molecule is CSc1cccc(NCCCO)c1. The van der Waals surface area contributed by atoms with Crippen molar-refractivity contribution in [3.05, 3.63) is 24.3 Å². The standard InChI is InChI=1S/C10H15NOS/c1-13-10-5-2-4-9(8-10)11-6-3-7-12/h2,4-5,8,11-12H,3,6-7H2,1H3. The predicted octanol–water partition coefficient (Wildman–Crippen LogP) is 2.20. The highest BCUT2D eigenvalue weighted by Crippen LogP contribution is 2.18. The highest BCUT2D eigenvalue weighted by molar-refractivity contribution is 7.98. The first-order chi connectivity index (χ1) is 6.36. The third-order valence-corrected chi connectivity index (χ3v) is 2.46. The maximum atomic E-state index is 8.60. The Bertz CT molecular complexity index is 252. The van der Waals surface area contributed by atoms with Gasteiger partial charge in [0, 0.05) is 23.7 Å². The Morgan fingerprint density at radius 2 is 2.31 bits per heavy atom. The van der Waals surface area contributed by atoms with E-state index in [9.17, 15) is 0 Å². The number of nitrogens with one attached hydrogen (secondary N) is 1. The van der Waals surface area contributed by atoms with Gasteiger partial charge in [0.15, 0.2) is 0 Å². The zero-order valence-electron chi connectivity index (χ0n) is 7.79. The average Bonchev–Trinajstić information content (AvgIpc) is 2.19. The van der Waals surface area contributed by atoms with E-state index in [1.165, 1.54) is 4.90 Å². The van der Waals surface area contributed by atoms with E-state index in [4.69, 9.17) is 5.11 Å². The van der Waals surface area contributed by atoms with Crippen LogP contribution in [0, 0.1) is 0 Å². The summed E-state index contributed by atoms with van der Waals surface area (Å²) in [4.78, 5) is 1.26. The van der Waals surface area contributed by atoms with Crippen LogP contribution in [0.3, 0.4) is 0 Å². The van der Waals surface area contributed by atoms with Gasteiger partial charge in [-0.1, -0.05) is 6.07 Å². The molecule has 0 fully saturated rings. The third kappa shape index (κ3) is 3.70. The van der Waals surface area contributed by atoms with E-state index in [1.807, 2.05) is 12.1 Å². The summed E-state index contributed by atoms with van der Waals surface area (Å²) in [5, 5.41) is 11.8. The number of aliphatic hydroxyl groups is 1. The monoisotopic (exact) mass is 197 g/mol. The van der Waals surface area contributed by atoms with E-state index >= 15 is 0 Å². The Morgan fingerprint density at radius 3 is 3.00 bits per heavy atom. The van der Waals surface area contributed by atoms with Gasteiger partial charge in [-0.2, -0.15) is 0 Å². The van der Waals surface area contributed by atoms with Crippen molar-refractivity contribution in [1.82, 2.24) is 0 Å². The molecule has 0 amide bonds. The van der Waals surface area contributed by atoms with E-state index in [1.54, 1.807) is 11.8 Å². The van der Waals surface area contributed by atoms with Crippen LogP contribution in [0.2, 0.25) is 0 Å². The van der Waals surface area contributed by atoms with Crippen molar-refractivity contribution in [2.75, 3.05) is 24.7 Å². The number of rotatable bonds is 5. The number of hydrogen-bond acceptors (Lipinski definition) is 3. The highest BCUT2D eigenvalue weighted by Gasteiger charge is 1.93. The smallest absolute Gasteiger partial charge is 0.0447 e. The highest BCUT2D eigenvalue weighted by atomic mass is 32.2. The molecule has 1 rings (SSSR count). The number of thioether (sulfide) groups is 1. The first-order valence-corrected chi connectivity index (χ1v) is 5.58. The molecular formula is C10H15NOS. The lowest BCUT2D eigenvalue weighted by atomic mass is 10.3. The summed E-state index contributed by atoms with van der Waals surface area (Å²) in [6, 6.07) is 8.27. The van der Waals surface area contributed by atoms with E-state index in [-0.39, 0.29) is 6.61 Å². The summed E-state index contributed by atoms with van der Waals surface area (Å²) in [6.07, 6.45) is 2.86. The second kappa shape index (κ2) is 5.89. The van der Waals surface area contributed by atoms with Gasteiger partial charge in [-0.15, -0.1) is 11.8 Å². The Hall–Kier alpha value is -0.670. The molecule has 1 aromatic rings. The minimum atomic E-state index is 0.245. The minimum absolute atomic E-state index is 0.245. The fourth-order valence-electron chi connectivity index (χ4n) is 1.04. The Balaban J connectivity index is 2.46. The summed E-state index contributed by atoms with van der Waals surface area (Å²) in [7, 11) is 0. The Kier molecular flexibility index (Phi) is 4.72. The van der Waals surface area contributed by atoms with Crippen LogP contribution in [0.15, 0.2) is 29.2 Å². The molecule has 1 aromatic carbocycles. The van der Waals surface area contributed by atoms with Crippen LogP contribution in [0.5, 0.6) is 0 Å². The molecule has 3 heteroatoms. The van der Waals surface area contributed by atoms with Crippen molar-refractivity contribution in [2.24, 2.45) is 0 Å². The minimum Gasteiger partial charge on any atom is -0.396 e. The van der Waals surface area contributed by atoms with Crippen LogP contribution in [-0.4, -0.2) is 24.5 Å². The summed E-state index contributed by atoms with van der Waals surface area (Å²) in [5.41, 5.74) is 1.13. The van der Waals surface area contributed by atoms with Crippen molar-refractivity contribution in [3.63, 3.8) is 0 Å². The summed E-state index contributed by atoms with van der Waals surface area (Å²) in [5.74, 6) is 0. The first kappa shape index (κ1) is 10.4. The van der Waals surface area contributed by atoms with Crippen LogP contribution >= 0.6 is 11.8 Å². The van der Waals surface area contributed by atoms with Crippen LogP contribution in [0.4, 0.5) is 5.69 Å². The number of aliphatic hydroxyl groups excluding tert-OH is 1. The molecule has 72 valence electrons. The van der Waals surface area contributed by atoms with Gasteiger partial charge in [-0.3, -0.25) is 0 Å². The summed E-state index contributed by atoms with van der Waals surface area (Å²) < 4.78 is 0. The molecule has 0 bridgehead atoms. The fourth-order valence-corrected chi connectivity index (χ4v) is 1.50. The molecule has 2 nitrogen and oxygen atoms in total. The Labute approximate surface area is 83.4 Å². The summed E-state index contributed by atoms with van der Waals surface area (Å²) >= 11 is 1.73. The lowest BCUT2D eigenvalue weighted by Crippen LogP contribution is -2.02. The zero-order chi connectivity index (χ0) is 9.52. The second-order valence-electron chi connectivity index (χ2n) is 2.74. The largest absolute Gasteiger partial charge is 0.396 e. The molecule has 0 aromatic heterocycles. The van der Waals surface area contributed by atoms with Gasteiger partial charge in [-0.25, -0.2) is 0 Å². The molecule has 0 spiro atoms. The van der Waals surface area contributed by atoms with Crippen molar-refractivity contribution < 1.29 is 5.11 Å². The normalized spacial score (nSPS) is 10.0. The number of anilines is 1. The molecular weight excluding hydrogens is 182 g/mol. The second-order valence-corrected chi connectivity index (χ2v) is 3.62. The quantitative estimate of drug-likeness (QED) is 0.560. The van der Waals surface area contributed by atoms with Crippen LogP contribution < -0.4 is 5.32 Å². The van der Waals surface area contributed by atoms with Crippen molar-refractivity contribution >= 4 is 17.4 Å². The van der Waals surface area contributed by atoms with E-state index in [0.29, 0.717) is 0 Å². The molecule has 0 radical (unpaired) electrons. The van der Waals surface area contributed by atoms with Crippen LogP contribution in [0.25, 0.3) is 0 Å². The molecule has 0 atom stereocenters.